The Morgan fingerprint density at radius 3 is 2.20 bits per heavy atom. The number of anilines is 1. The number of urea groups is 1. The van der Waals surface area contributed by atoms with Crippen molar-refractivity contribution in [2.45, 2.75) is 58.2 Å². The quantitative estimate of drug-likeness (QED) is 0.464. The van der Waals surface area contributed by atoms with Crippen molar-refractivity contribution in [3.05, 3.63) is 64.7 Å². The fourth-order valence-corrected chi connectivity index (χ4v) is 3.49. The number of halogens is 1. The van der Waals surface area contributed by atoms with Crippen LogP contribution in [0.4, 0.5) is 15.3 Å². The van der Waals surface area contributed by atoms with Crippen molar-refractivity contribution in [1.29, 1.82) is 0 Å². The summed E-state index contributed by atoms with van der Waals surface area (Å²) in [4.78, 5) is 38.6. The van der Waals surface area contributed by atoms with Crippen LogP contribution in [0, 0.1) is 0 Å². The molecule has 1 fully saturated rings. The molecule has 3 N–H and O–H groups in total. The van der Waals surface area contributed by atoms with Crippen LogP contribution < -0.4 is 16.0 Å². The summed E-state index contributed by atoms with van der Waals surface area (Å²) in [6.45, 7) is 6.68. The van der Waals surface area contributed by atoms with Crippen LogP contribution in [0.3, 0.4) is 0 Å². The number of carbonyl (C=O) groups excluding carboxylic acids is 3. The van der Waals surface area contributed by atoms with Crippen LogP contribution in [0.1, 0.15) is 44.7 Å². The van der Waals surface area contributed by atoms with E-state index < -0.39 is 5.60 Å². The maximum Gasteiger partial charge on any atom is 0.410 e. The maximum atomic E-state index is 12.4. The third-order valence-electron chi connectivity index (χ3n) is 5.23. The molecule has 0 unspecified atom stereocenters. The highest BCUT2D eigenvalue weighted by molar-refractivity contribution is 6.30. The van der Waals surface area contributed by atoms with E-state index in [0.717, 1.165) is 24.0 Å². The molecule has 9 heteroatoms. The number of amides is 4. The summed E-state index contributed by atoms with van der Waals surface area (Å²) in [6.07, 6.45) is 1.80. The average Bonchev–Trinajstić information content (AvgIpc) is 3.61. The fourth-order valence-electron chi connectivity index (χ4n) is 3.36. The molecule has 2 aromatic carbocycles. The standard InChI is InChI=1S/C26H33ClN4O4/c1-26(2,3)35-25(34)31(22-12-13-22)15-14-28-23(32)16-18-6-10-21(11-7-18)30-24(33)29-17-19-4-8-20(27)9-5-19/h4-11,22H,12-17H2,1-3H3,(H,28,32)(H2,29,30,33). The first-order chi connectivity index (χ1) is 16.6. The van der Waals surface area contributed by atoms with Gasteiger partial charge in [-0.15, -0.1) is 0 Å². The summed E-state index contributed by atoms with van der Waals surface area (Å²) < 4.78 is 5.47. The van der Waals surface area contributed by atoms with E-state index in [2.05, 4.69) is 16.0 Å². The first-order valence-corrected chi connectivity index (χ1v) is 12.1. The summed E-state index contributed by atoms with van der Waals surface area (Å²) in [7, 11) is 0. The molecule has 188 valence electrons. The van der Waals surface area contributed by atoms with E-state index in [9.17, 15) is 14.4 Å². The van der Waals surface area contributed by atoms with E-state index in [-0.39, 0.29) is 30.5 Å². The third-order valence-corrected chi connectivity index (χ3v) is 5.49. The molecule has 8 nitrogen and oxygen atoms in total. The molecule has 0 bridgehead atoms. The molecule has 0 saturated heterocycles. The van der Waals surface area contributed by atoms with Crippen LogP contribution in [0.15, 0.2) is 48.5 Å². The van der Waals surface area contributed by atoms with Gasteiger partial charge < -0.3 is 25.6 Å². The summed E-state index contributed by atoms with van der Waals surface area (Å²) in [6, 6.07) is 14.2. The molecule has 0 atom stereocenters. The first-order valence-electron chi connectivity index (χ1n) is 11.7. The number of nitrogens with zero attached hydrogens (tertiary/aromatic N) is 1. The minimum absolute atomic E-state index is 0.133. The SMILES string of the molecule is CC(C)(C)OC(=O)N(CCNC(=O)Cc1ccc(NC(=O)NCc2ccc(Cl)cc2)cc1)C1CC1. The zero-order valence-electron chi connectivity index (χ0n) is 20.4. The van der Waals surface area contributed by atoms with Crippen LogP contribution in [-0.2, 0) is 22.5 Å². The molecule has 2 aromatic rings. The van der Waals surface area contributed by atoms with Crippen LogP contribution in [-0.4, -0.2) is 47.7 Å². The second-order valence-corrected chi connectivity index (χ2v) is 10.00. The second kappa shape index (κ2) is 11.9. The van der Waals surface area contributed by atoms with Gasteiger partial charge >= 0.3 is 12.1 Å². The van der Waals surface area contributed by atoms with E-state index in [1.807, 2.05) is 32.9 Å². The molecule has 0 aliphatic heterocycles. The van der Waals surface area contributed by atoms with Crippen LogP contribution in [0.2, 0.25) is 5.02 Å². The number of benzene rings is 2. The van der Waals surface area contributed by atoms with Gasteiger partial charge in [-0.3, -0.25) is 4.79 Å². The Hall–Kier alpha value is -3.26. The van der Waals surface area contributed by atoms with E-state index in [1.54, 1.807) is 41.3 Å². The number of ether oxygens (including phenoxy) is 1. The van der Waals surface area contributed by atoms with Gasteiger partial charge in [0.15, 0.2) is 0 Å². The molecule has 35 heavy (non-hydrogen) atoms. The number of rotatable bonds is 9. The predicted octanol–water partition coefficient (Wildman–Crippen LogP) is 4.72. The molecule has 1 aliphatic rings. The van der Waals surface area contributed by atoms with E-state index in [4.69, 9.17) is 16.3 Å². The average molecular weight is 501 g/mol. The predicted molar refractivity (Wildman–Crippen MR) is 136 cm³/mol. The normalized spacial score (nSPS) is 13.0. The van der Waals surface area contributed by atoms with Crippen molar-refractivity contribution in [1.82, 2.24) is 15.5 Å². The highest BCUT2D eigenvalue weighted by Crippen LogP contribution is 2.28. The first kappa shape index (κ1) is 26.3. The van der Waals surface area contributed by atoms with Gasteiger partial charge in [-0.1, -0.05) is 35.9 Å². The van der Waals surface area contributed by atoms with Crippen LogP contribution >= 0.6 is 11.6 Å². The van der Waals surface area contributed by atoms with Crippen molar-refractivity contribution in [3.8, 4) is 0 Å². The molecule has 0 radical (unpaired) electrons. The van der Waals surface area contributed by atoms with E-state index >= 15 is 0 Å². The highest BCUT2D eigenvalue weighted by Gasteiger charge is 2.34. The zero-order valence-corrected chi connectivity index (χ0v) is 21.2. The van der Waals surface area contributed by atoms with Crippen molar-refractivity contribution in [3.63, 3.8) is 0 Å². The lowest BCUT2D eigenvalue weighted by atomic mass is 10.1. The van der Waals surface area contributed by atoms with Crippen molar-refractivity contribution in [2.75, 3.05) is 18.4 Å². The van der Waals surface area contributed by atoms with Crippen molar-refractivity contribution in [2.24, 2.45) is 0 Å². The molecule has 3 rings (SSSR count). The third kappa shape index (κ3) is 9.48. The van der Waals surface area contributed by atoms with Crippen LogP contribution in [0.25, 0.3) is 0 Å². The minimum Gasteiger partial charge on any atom is -0.444 e. The molecule has 0 aromatic heterocycles. The molecular weight excluding hydrogens is 468 g/mol. The Kier molecular flexibility index (Phi) is 8.98. The monoisotopic (exact) mass is 500 g/mol. The van der Waals surface area contributed by atoms with Gasteiger partial charge in [-0.05, 0) is 69.0 Å². The van der Waals surface area contributed by atoms with E-state index in [0.29, 0.717) is 30.3 Å². The van der Waals surface area contributed by atoms with Crippen molar-refractivity contribution >= 4 is 35.3 Å². The summed E-state index contributed by atoms with van der Waals surface area (Å²) in [5, 5.41) is 9.07. The molecule has 1 aliphatic carbocycles. The van der Waals surface area contributed by atoms with Crippen molar-refractivity contribution < 1.29 is 19.1 Å². The van der Waals surface area contributed by atoms with Gasteiger partial charge in [0.1, 0.15) is 5.60 Å². The van der Waals surface area contributed by atoms with Crippen LogP contribution in [0.5, 0.6) is 0 Å². The number of hydrogen-bond donors (Lipinski definition) is 3. The molecular formula is C26H33ClN4O4. The number of nitrogens with one attached hydrogen (secondary N) is 3. The van der Waals surface area contributed by atoms with Gasteiger partial charge in [-0.2, -0.15) is 0 Å². The minimum atomic E-state index is -0.550. The topological polar surface area (TPSA) is 99.8 Å². The molecule has 0 spiro atoms. The largest absolute Gasteiger partial charge is 0.444 e. The van der Waals surface area contributed by atoms with Gasteiger partial charge in [0.25, 0.3) is 0 Å². The fraction of sp³-hybridized carbons (Fsp3) is 0.423. The summed E-state index contributed by atoms with van der Waals surface area (Å²) >= 11 is 5.86. The van der Waals surface area contributed by atoms with E-state index in [1.165, 1.54) is 0 Å². The van der Waals surface area contributed by atoms with Gasteiger partial charge in [0.05, 0.1) is 6.42 Å². The maximum absolute atomic E-state index is 12.4. The van der Waals surface area contributed by atoms with Gasteiger partial charge in [0, 0.05) is 36.4 Å². The highest BCUT2D eigenvalue weighted by atomic mass is 35.5. The summed E-state index contributed by atoms with van der Waals surface area (Å²) in [5.41, 5.74) is 1.84. The zero-order chi connectivity index (χ0) is 25.4. The number of hydrogen-bond acceptors (Lipinski definition) is 4. The molecule has 0 heterocycles. The number of carbonyl (C=O) groups is 3. The Morgan fingerprint density at radius 1 is 0.971 bits per heavy atom. The Bertz CT molecular complexity index is 1020. The molecule has 4 amide bonds. The smallest absolute Gasteiger partial charge is 0.410 e. The van der Waals surface area contributed by atoms with Gasteiger partial charge in [-0.25, -0.2) is 9.59 Å². The Balaban J connectivity index is 1.38. The lowest BCUT2D eigenvalue weighted by molar-refractivity contribution is -0.120. The van der Waals surface area contributed by atoms with Gasteiger partial charge in [0.2, 0.25) is 5.91 Å². The molecule has 1 saturated carbocycles. The second-order valence-electron chi connectivity index (χ2n) is 9.56. The Labute approximate surface area is 211 Å². The lowest BCUT2D eigenvalue weighted by Gasteiger charge is -2.27. The summed E-state index contributed by atoms with van der Waals surface area (Å²) in [5.74, 6) is -0.133. The lowest BCUT2D eigenvalue weighted by Crippen LogP contribution is -2.42. The Morgan fingerprint density at radius 2 is 1.60 bits per heavy atom.